The Hall–Kier alpha value is -1.89. The van der Waals surface area contributed by atoms with Crippen molar-refractivity contribution in [2.45, 2.75) is 26.2 Å². The standard InChI is InChI=1S/C18H20BrFN2O3/c1-2-25-17(23)5-6-22(10-11-3-4-11)18(24)16-9-13-14(20)7-12(19)8-15(13)21-16/h7-9,11,21H,2-6,10H2,1H3. The Labute approximate surface area is 153 Å². The maximum absolute atomic E-state index is 14.0. The fourth-order valence-electron chi connectivity index (χ4n) is 2.79. The number of esters is 1. The number of carbonyl (C=O) groups excluding carboxylic acids is 2. The molecule has 1 amide bonds. The summed E-state index contributed by atoms with van der Waals surface area (Å²) < 4.78 is 19.6. The van der Waals surface area contributed by atoms with Crippen molar-refractivity contribution in [2.75, 3.05) is 19.7 Å². The third-order valence-electron chi connectivity index (χ3n) is 4.24. The van der Waals surface area contributed by atoms with E-state index >= 15 is 0 Å². The smallest absolute Gasteiger partial charge is 0.307 e. The molecule has 3 rings (SSSR count). The predicted molar refractivity (Wildman–Crippen MR) is 95.8 cm³/mol. The lowest BCUT2D eigenvalue weighted by molar-refractivity contribution is -0.143. The number of halogens is 2. The van der Waals surface area contributed by atoms with Crippen LogP contribution in [0.15, 0.2) is 22.7 Å². The van der Waals surface area contributed by atoms with Gasteiger partial charge < -0.3 is 14.6 Å². The minimum absolute atomic E-state index is 0.159. The van der Waals surface area contributed by atoms with E-state index in [1.807, 2.05) is 0 Å². The first kappa shape index (κ1) is 17.9. The van der Waals surface area contributed by atoms with Crippen molar-refractivity contribution in [3.63, 3.8) is 0 Å². The number of H-pyrrole nitrogens is 1. The average molecular weight is 411 g/mol. The second-order valence-corrected chi connectivity index (χ2v) is 7.20. The number of carbonyl (C=O) groups is 2. The average Bonchev–Trinajstić information content (AvgIpc) is 3.27. The van der Waals surface area contributed by atoms with Gasteiger partial charge in [0.25, 0.3) is 5.91 Å². The van der Waals surface area contributed by atoms with Crippen LogP contribution in [0.1, 0.15) is 36.7 Å². The van der Waals surface area contributed by atoms with Crippen LogP contribution >= 0.6 is 15.9 Å². The van der Waals surface area contributed by atoms with Gasteiger partial charge in [-0.15, -0.1) is 0 Å². The topological polar surface area (TPSA) is 62.4 Å². The molecular formula is C18H20BrFN2O3. The highest BCUT2D eigenvalue weighted by molar-refractivity contribution is 9.10. The van der Waals surface area contributed by atoms with Crippen molar-refractivity contribution in [3.05, 3.63) is 34.2 Å². The lowest BCUT2D eigenvalue weighted by Crippen LogP contribution is -2.35. The number of fused-ring (bicyclic) bond motifs is 1. The van der Waals surface area contributed by atoms with Crippen LogP contribution < -0.4 is 0 Å². The van der Waals surface area contributed by atoms with Crippen LogP contribution in [-0.2, 0) is 9.53 Å². The molecule has 7 heteroatoms. The second kappa shape index (κ2) is 7.56. The van der Waals surface area contributed by atoms with E-state index in [0.29, 0.717) is 46.7 Å². The summed E-state index contributed by atoms with van der Waals surface area (Å²) in [6.45, 7) is 2.99. The first-order valence-electron chi connectivity index (χ1n) is 8.40. The monoisotopic (exact) mass is 410 g/mol. The van der Waals surface area contributed by atoms with E-state index in [-0.39, 0.29) is 24.1 Å². The molecule has 1 aromatic carbocycles. The van der Waals surface area contributed by atoms with E-state index in [2.05, 4.69) is 20.9 Å². The van der Waals surface area contributed by atoms with Gasteiger partial charge >= 0.3 is 5.97 Å². The van der Waals surface area contributed by atoms with Crippen LogP contribution in [0, 0.1) is 11.7 Å². The van der Waals surface area contributed by atoms with Crippen molar-refractivity contribution < 1.29 is 18.7 Å². The number of amides is 1. The predicted octanol–water partition coefficient (Wildman–Crippen LogP) is 3.87. The third kappa shape index (κ3) is 4.39. The Morgan fingerprint density at radius 3 is 2.80 bits per heavy atom. The van der Waals surface area contributed by atoms with Gasteiger partial charge in [-0.1, -0.05) is 15.9 Å². The molecule has 0 radical (unpaired) electrons. The van der Waals surface area contributed by atoms with E-state index in [1.54, 1.807) is 17.9 Å². The van der Waals surface area contributed by atoms with Crippen molar-refractivity contribution in [1.82, 2.24) is 9.88 Å². The highest BCUT2D eigenvalue weighted by atomic mass is 79.9. The number of hydrogen-bond acceptors (Lipinski definition) is 3. The molecule has 2 aromatic rings. The highest BCUT2D eigenvalue weighted by Crippen LogP contribution is 2.31. The second-order valence-electron chi connectivity index (χ2n) is 6.28. The first-order chi connectivity index (χ1) is 12.0. The number of benzene rings is 1. The Morgan fingerprint density at radius 1 is 1.36 bits per heavy atom. The lowest BCUT2D eigenvalue weighted by Gasteiger charge is -2.21. The summed E-state index contributed by atoms with van der Waals surface area (Å²) in [5.41, 5.74) is 0.892. The molecule has 0 aliphatic heterocycles. The van der Waals surface area contributed by atoms with Crippen LogP contribution in [0.25, 0.3) is 10.9 Å². The van der Waals surface area contributed by atoms with Crippen molar-refractivity contribution in [1.29, 1.82) is 0 Å². The lowest BCUT2D eigenvalue weighted by atomic mass is 10.2. The minimum atomic E-state index is -0.389. The van der Waals surface area contributed by atoms with Gasteiger partial charge in [-0.3, -0.25) is 9.59 Å². The van der Waals surface area contributed by atoms with Gasteiger partial charge in [0.05, 0.1) is 18.5 Å². The molecule has 1 saturated carbocycles. The van der Waals surface area contributed by atoms with E-state index in [4.69, 9.17) is 4.74 Å². The van der Waals surface area contributed by atoms with E-state index in [1.165, 1.54) is 12.1 Å². The quantitative estimate of drug-likeness (QED) is 0.704. The Kier molecular flexibility index (Phi) is 5.42. The zero-order chi connectivity index (χ0) is 18.0. The van der Waals surface area contributed by atoms with Gasteiger partial charge in [-0.05, 0) is 43.9 Å². The van der Waals surface area contributed by atoms with Crippen molar-refractivity contribution in [3.8, 4) is 0 Å². The molecule has 1 aliphatic rings. The molecule has 0 atom stereocenters. The van der Waals surface area contributed by atoms with Crippen LogP contribution in [0.3, 0.4) is 0 Å². The van der Waals surface area contributed by atoms with Crippen molar-refractivity contribution in [2.24, 2.45) is 5.92 Å². The first-order valence-corrected chi connectivity index (χ1v) is 9.20. The van der Waals surface area contributed by atoms with E-state index in [9.17, 15) is 14.0 Å². The maximum Gasteiger partial charge on any atom is 0.307 e. The van der Waals surface area contributed by atoms with E-state index in [0.717, 1.165) is 12.8 Å². The molecule has 5 nitrogen and oxygen atoms in total. The summed E-state index contributed by atoms with van der Waals surface area (Å²) in [5.74, 6) is -0.438. The number of aromatic nitrogens is 1. The third-order valence-corrected chi connectivity index (χ3v) is 4.69. The number of aromatic amines is 1. The molecule has 1 aliphatic carbocycles. The van der Waals surface area contributed by atoms with E-state index < -0.39 is 0 Å². The van der Waals surface area contributed by atoms with Gasteiger partial charge in [0.2, 0.25) is 0 Å². The zero-order valence-electron chi connectivity index (χ0n) is 14.0. The Morgan fingerprint density at radius 2 is 2.12 bits per heavy atom. The molecule has 0 unspecified atom stereocenters. The molecule has 0 saturated heterocycles. The number of nitrogens with one attached hydrogen (secondary N) is 1. The molecule has 1 fully saturated rings. The summed E-state index contributed by atoms with van der Waals surface area (Å²) >= 11 is 3.25. The maximum atomic E-state index is 14.0. The van der Waals surface area contributed by atoms with Crippen LogP contribution in [0.2, 0.25) is 0 Å². The van der Waals surface area contributed by atoms with Crippen LogP contribution in [-0.4, -0.2) is 41.5 Å². The fourth-order valence-corrected chi connectivity index (χ4v) is 3.22. The number of rotatable bonds is 7. The number of hydrogen-bond donors (Lipinski definition) is 1. The number of ether oxygens (including phenoxy) is 1. The SMILES string of the molecule is CCOC(=O)CCN(CC1CC1)C(=O)c1cc2c(F)cc(Br)cc2[nH]1. The molecular weight excluding hydrogens is 391 g/mol. The van der Waals surface area contributed by atoms with Gasteiger partial charge in [0.1, 0.15) is 11.5 Å². The molecule has 25 heavy (non-hydrogen) atoms. The summed E-state index contributed by atoms with van der Waals surface area (Å²) in [6.07, 6.45) is 2.35. The van der Waals surface area contributed by atoms with Gasteiger partial charge in [0, 0.05) is 22.9 Å². The van der Waals surface area contributed by atoms with Gasteiger partial charge in [-0.2, -0.15) is 0 Å². The summed E-state index contributed by atoms with van der Waals surface area (Å²) in [4.78, 5) is 29.1. The van der Waals surface area contributed by atoms with Crippen LogP contribution in [0.5, 0.6) is 0 Å². The molecule has 0 spiro atoms. The van der Waals surface area contributed by atoms with Gasteiger partial charge in [0.15, 0.2) is 0 Å². The normalized spacial score (nSPS) is 13.9. The Bertz CT molecular complexity index is 801. The molecule has 0 bridgehead atoms. The summed E-state index contributed by atoms with van der Waals surface area (Å²) in [5, 5.41) is 0.378. The zero-order valence-corrected chi connectivity index (χ0v) is 15.6. The Balaban J connectivity index is 1.78. The van der Waals surface area contributed by atoms with Crippen molar-refractivity contribution >= 4 is 38.7 Å². The van der Waals surface area contributed by atoms with Gasteiger partial charge in [-0.25, -0.2) is 4.39 Å². The largest absolute Gasteiger partial charge is 0.466 e. The summed E-state index contributed by atoms with van der Waals surface area (Å²) in [7, 11) is 0. The van der Waals surface area contributed by atoms with Crippen LogP contribution in [0.4, 0.5) is 4.39 Å². The molecule has 1 N–H and O–H groups in total. The highest BCUT2D eigenvalue weighted by Gasteiger charge is 2.28. The summed E-state index contributed by atoms with van der Waals surface area (Å²) in [6, 6.07) is 4.63. The fraction of sp³-hybridized carbons (Fsp3) is 0.444. The minimum Gasteiger partial charge on any atom is -0.466 e. The molecule has 134 valence electrons. The molecule has 1 aromatic heterocycles. The number of nitrogens with zero attached hydrogens (tertiary/aromatic N) is 1. The molecule has 1 heterocycles.